The molecule has 1 heterocycles. The summed E-state index contributed by atoms with van der Waals surface area (Å²) >= 11 is 12.3. The fourth-order valence-electron chi connectivity index (χ4n) is 3.82. The lowest BCUT2D eigenvalue weighted by atomic mass is 9.94. The second-order valence-corrected chi connectivity index (χ2v) is 8.21. The minimum absolute atomic E-state index is 0.167. The Hall–Kier alpha value is -2.88. The lowest BCUT2D eigenvalue weighted by Gasteiger charge is -2.15. The summed E-state index contributed by atoms with van der Waals surface area (Å²) in [7, 11) is 0. The number of hydrogen-bond acceptors (Lipinski definition) is 2. The quantitative estimate of drug-likeness (QED) is 0.355. The van der Waals surface area contributed by atoms with Gasteiger partial charge in [0.15, 0.2) is 0 Å². The van der Waals surface area contributed by atoms with Crippen molar-refractivity contribution in [2.24, 2.45) is 0 Å². The van der Waals surface area contributed by atoms with Crippen molar-refractivity contribution in [3.05, 3.63) is 104 Å². The first kappa shape index (κ1) is 20.4. The maximum absolute atomic E-state index is 13.5. The number of hydrogen-bond donors (Lipinski definition) is 0. The standard InChI is InChI=1S/C25H20Cl2N2O/c1-15-11-16(2)24(17(3)12-15)20-14-23(18-9-10-21(26)22(27)13-18)28-29(25(20)30)19-7-5-4-6-8-19/h4-14H,1-3H3. The van der Waals surface area contributed by atoms with E-state index in [1.54, 1.807) is 12.1 Å². The molecule has 0 aliphatic rings. The third-order valence-corrected chi connectivity index (χ3v) is 5.81. The number of halogens is 2. The monoisotopic (exact) mass is 434 g/mol. The van der Waals surface area contributed by atoms with Gasteiger partial charge < -0.3 is 0 Å². The Bertz CT molecular complexity index is 1290. The van der Waals surface area contributed by atoms with E-state index in [1.165, 1.54) is 4.68 Å². The summed E-state index contributed by atoms with van der Waals surface area (Å²) < 4.78 is 1.45. The largest absolute Gasteiger partial charge is 0.279 e. The Morgan fingerprint density at radius 1 is 0.800 bits per heavy atom. The highest BCUT2D eigenvalue weighted by atomic mass is 35.5. The van der Waals surface area contributed by atoms with Crippen LogP contribution in [-0.4, -0.2) is 9.78 Å². The third kappa shape index (κ3) is 3.79. The molecule has 0 bridgehead atoms. The minimum atomic E-state index is -0.167. The van der Waals surface area contributed by atoms with Gasteiger partial charge in [-0.2, -0.15) is 9.78 Å². The Kier molecular flexibility index (Phi) is 5.50. The first-order valence-corrected chi connectivity index (χ1v) is 10.3. The molecule has 0 unspecified atom stereocenters. The highest BCUT2D eigenvalue weighted by molar-refractivity contribution is 6.42. The van der Waals surface area contributed by atoms with E-state index in [0.717, 1.165) is 27.8 Å². The van der Waals surface area contributed by atoms with E-state index in [-0.39, 0.29) is 5.56 Å². The lowest BCUT2D eigenvalue weighted by Crippen LogP contribution is -2.24. The SMILES string of the molecule is Cc1cc(C)c(-c2cc(-c3ccc(Cl)c(Cl)c3)nn(-c3ccccc3)c2=O)c(C)c1. The zero-order valence-corrected chi connectivity index (χ0v) is 18.4. The molecule has 0 spiro atoms. The second-order valence-electron chi connectivity index (χ2n) is 7.40. The first-order chi connectivity index (χ1) is 14.3. The maximum Gasteiger partial charge on any atom is 0.279 e. The molecule has 150 valence electrons. The van der Waals surface area contributed by atoms with Crippen LogP contribution < -0.4 is 5.56 Å². The molecule has 30 heavy (non-hydrogen) atoms. The predicted molar refractivity (Wildman–Crippen MR) is 125 cm³/mol. The van der Waals surface area contributed by atoms with E-state index in [4.69, 9.17) is 23.2 Å². The van der Waals surface area contributed by atoms with Crippen molar-refractivity contribution in [2.45, 2.75) is 20.8 Å². The van der Waals surface area contributed by atoms with E-state index < -0.39 is 0 Å². The molecular weight excluding hydrogens is 415 g/mol. The molecule has 5 heteroatoms. The summed E-state index contributed by atoms with van der Waals surface area (Å²) in [4.78, 5) is 13.5. The Morgan fingerprint density at radius 2 is 1.47 bits per heavy atom. The lowest BCUT2D eigenvalue weighted by molar-refractivity contribution is 0.815. The topological polar surface area (TPSA) is 34.9 Å². The molecule has 0 amide bonds. The van der Waals surface area contributed by atoms with Crippen molar-refractivity contribution in [1.29, 1.82) is 0 Å². The summed E-state index contributed by atoms with van der Waals surface area (Å²) in [5, 5.41) is 5.57. The first-order valence-electron chi connectivity index (χ1n) is 9.58. The van der Waals surface area contributed by atoms with Crippen LogP contribution in [0.5, 0.6) is 0 Å². The van der Waals surface area contributed by atoms with Gasteiger partial charge in [0.25, 0.3) is 5.56 Å². The van der Waals surface area contributed by atoms with Gasteiger partial charge in [0.1, 0.15) is 0 Å². The van der Waals surface area contributed by atoms with Crippen LogP contribution in [0.1, 0.15) is 16.7 Å². The van der Waals surface area contributed by atoms with Crippen LogP contribution in [0.15, 0.2) is 71.5 Å². The van der Waals surface area contributed by atoms with Gasteiger partial charge in [0.2, 0.25) is 0 Å². The van der Waals surface area contributed by atoms with Crippen molar-refractivity contribution in [2.75, 3.05) is 0 Å². The second kappa shape index (κ2) is 8.10. The highest BCUT2D eigenvalue weighted by Gasteiger charge is 2.17. The average Bonchev–Trinajstić information content (AvgIpc) is 2.71. The highest BCUT2D eigenvalue weighted by Crippen LogP contribution is 2.31. The molecule has 0 saturated heterocycles. The summed E-state index contributed by atoms with van der Waals surface area (Å²) in [5.41, 5.74) is 6.77. The third-order valence-electron chi connectivity index (χ3n) is 5.07. The van der Waals surface area contributed by atoms with Crippen molar-refractivity contribution >= 4 is 23.2 Å². The molecular formula is C25H20Cl2N2O. The van der Waals surface area contributed by atoms with Gasteiger partial charge in [0.05, 0.1) is 27.0 Å². The Labute approximate surface area is 185 Å². The summed E-state index contributed by atoms with van der Waals surface area (Å²) in [6.45, 7) is 6.11. The Morgan fingerprint density at radius 3 is 2.10 bits per heavy atom. The van der Waals surface area contributed by atoms with Crippen molar-refractivity contribution in [1.82, 2.24) is 9.78 Å². The van der Waals surface area contributed by atoms with E-state index >= 15 is 0 Å². The fraction of sp³-hybridized carbons (Fsp3) is 0.120. The normalized spacial score (nSPS) is 11.0. The van der Waals surface area contributed by atoms with Gasteiger partial charge >= 0.3 is 0 Å². The van der Waals surface area contributed by atoms with Gasteiger partial charge in [0, 0.05) is 5.56 Å². The maximum atomic E-state index is 13.5. The van der Waals surface area contributed by atoms with E-state index in [0.29, 0.717) is 27.0 Å². The van der Waals surface area contributed by atoms with Crippen LogP contribution in [0.4, 0.5) is 0 Å². The van der Waals surface area contributed by atoms with Gasteiger partial charge in [-0.15, -0.1) is 0 Å². The van der Waals surface area contributed by atoms with E-state index in [2.05, 4.69) is 24.2 Å². The van der Waals surface area contributed by atoms with Crippen LogP contribution in [0, 0.1) is 20.8 Å². The van der Waals surface area contributed by atoms with E-state index in [9.17, 15) is 4.79 Å². The molecule has 4 aromatic rings. The van der Waals surface area contributed by atoms with Crippen molar-refractivity contribution in [3.63, 3.8) is 0 Å². The molecule has 0 aliphatic carbocycles. The molecule has 0 fully saturated rings. The molecule has 0 atom stereocenters. The van der Waals surface area contributed by atoms with Crippen LogP contribution in [-0.2, 0) is 0 Å². The van der Waals surface area contributed by atoms with Gasteiger partial charge in [-0.3, -0.25) is 4.79 Å². The predicted octanol–water partition coefficient (Wildman–Crippen LogP) is 6.80. The molecule has 1 aromatic heterocycles. The number of aryl methyl sites for hydroxylation is 3. The molecule has 3 nitrogen and oxygen atoms in total. The zero-order valence-electron chi connectivity index (χ0n) is 16.9. The molecule has 4 rings (SSSR count). The number of nitrogens with zero attached hydrogens (tertiary/aromatic N) is 2. The summed E-state index contributed by atoms with van der Waals surface area (Å²) in [6.07, 6.45) is 0. The van der Waals surface area contributed by atoms with Gasteiger partial charge in [-0.25, -0.2) is 0 Å². The van der Waals surface area contributed by atoms with Crippen LogP contribution in [0.2, 0.25) is 10.0 Å². The molecule has 0 radical (unpaired) electrons. The molecule has 0 aliphatic heterocycles. The smallest absolute Gasteiger partial charge is 0.267 e. The van der Waals surface area contributed by atoms with Crippen LogP contribution in [0.3, 0.4) is 0 Å². The number of rotatable bonds is 3. The van der Waals surface area contributed by atoms with Crippen molar-refractivity contribution in [3.8, 4) is 28.1 Å². The molecule has 0 saturated carbocycles. The minimum Gasteiger partial charge on any atom is -0.267 e. The van der Waals surface area contributed by atoms with Crippen LogP contribution in [0.25, 0.3) is 28.1 Å². The van der Waals surface area contributed by atoms with Gasteiger partial charge in [-0.1, -0.05) is 65.2 Å². The summed E-state index contributed by atoms with van der Waals surface area (Å²) in [6, 6.07) is 20.8. The summed E-state index contributed by atoms with van der Waals surface area (Å²) in [5.74, 6) is 0. The van der Waals surface area contributed by atoms with Crippen LogP contribution >= 0.6 is 23.2 Å². The average molecular weight is 435 g/mol. The zero-order chi connectivity index (χ0) is 21.4. The number of aromatic nitrogens is 2. The van der Waals surface area contributed by atoms with Gasteiger partial charge in [-0.05, 0) is 67.8 Å². The van der Waals surface area contributed by atoms with E-state index in [1.807, 2.05) is 56.3 Å². The molecule has 3 aromatic carbocycles. The number of para-hydroxylation sites is 1. The van der Waals surface area contributed by atoms with Crippen molar-refractivity contribution < 1.29 is 0 Å². The molecule has 0 N–H and O–H groups in total. The Balaban J connectivity index is 2.05. The number of benzene rings is 3. The fourth-order valence-corrected chi connectivity index (χ4v) is 4.12.